The molecule has 1 aromatic heterocycles. The van der Waals surface area contributed by atoms with Gasteiger partial charge in [0.25, 0.3) is 0 Å². The number of halogens is 1. The number of nitrogens with zero attached hydrogens (tertiary/aromatic N) is 3. The monoisotopic (exact) mass is 213 g/mol. The second-order valence-electron chi connectivity index (χ2n) is 2.51. The summed E-state index contributed by atoms with van der Waals surface area (Å²) in [6, 6.07) is 2.29. The van der Waals surface area contributed by atoms with Crippen LogP contribution in [0.3, 0.4) is 0 Å². The van der Waals surface area contributed by atoms with Crippen LogP contribution < -0.4 is 0 Å². The van der Waals surface area contributed by atoms with E-state index in [1.807, 2.05) is 26.1 Å². The zero-order valence-electron chi connectivity index (χ0n) is 6.37. The lowest BCUT2D eigenvalue weighted by molar-refractivity contribution is 0.531. The van der Waals surface area contributed by atoms with Crippen LogP contribution in [-0.2, 0) is 0 Å². The standard InChI is InChI=1S/C7H8BrN3/c1-5(2)11-4-6(8)7(3-9)10-11/h4-5H,1-2H3. The predicted octanol–water partition coefficient (Wildman–Crippen LogP) is 2.10. The molecule has 3 nitrogen and oxygen atoms in total. The number of aromatic nitrogens is 2. The lowest BCUT2D eigenvalue weighted by Crippen LogP contribution is -2.00. The molecule has 0 saturated heterocycles. The minimum atomic E-state index is 0.299. The van der Waals surface area contributed by atoms with Gasteiger partial charge in [-0.05, 0) is 29.8 Å². The van der Waals surface area contributed by atoms with Gasteiger partial charge in [0.2, 0.25) is 0 Å². The van der Waals surface area contributed by atoms with E-state index in [1.165, 1.54) is 0 Å². The number of hydrogen-bond donors (Lipinski definition) is 0. The molecule has 1 rings (SSSR count). The largest absolute Gasteiger partial charge is 0.268 e. The van der Waals surface area contributed by atoms with Crippen LogP contribution in [0.1, 0.15) is 25.6 Å². The Morgan fingerprint density at radius 3 is 2.64 bits per heavy atom. The molecular formula is C7H8BrN3. The van der Waals surface area contributed by atoms with E-state index in [4.69, 9.17) is 5.26 Å². The Kier molecular flexibility index (Phi) is 2.30. The molecule has 0 aliphatic heterocycles. The van der Waals surface area contributed by atoms with Gasteiger partial charge in [0.15, 0.2) is 5.69 Å². The second-order valence-corrected chi connectivity index (χ2v) is 3.37. The van der Waals surface area contributed by atoms with Crippen molar-refractivity contribution in [3.8, 4) is 6.07 Å². The van der Waals surface area contributed by atoms with Crippen LogP contribution in [0.2, 0.25) is 0 Å². The van der Waals surface area contributed by atoms with Crippen LogP contribution in [0, 0.1) is 11.3 Å². The SMILES string of the molecule is CC(C)n1cc(Br)c(C#N)n1. The average Bonchev–Trinajstić information content (AvgIpc) is 2.31. The van der Waals surface area contributed by atoms with Gasteiger partial charge in [-0.15, -0.1) is 0 Å². The summed E-state index contributed by atoms with van der Waals surface area (Å²) in [5.41, 5.74) is 0.443. The van der Waals surface area contributed by atoms with Crippen LogP contribution in [0.25, 0.3) is 0 Å². The van der Waals surface area contributed by atoms with Crippen molar-refractivity contribution in [2.45, 2.75) is 19.9 Å². The number of rotatable bonds is 1. The van der Waals surface area contributed by atoms with Crippen LogP contribution in [0.4, 0.5) is 0 Å². The maximum absolute atomic E-state index is 8.56. The average molecular weight is 214 g/mol. The molecule has 11 heavy (non-hydrogen) atoms. The summed E-state index contributed by atoms with van der Waals surface area (Å²) in [6.07, 6.45) is 1.81. The fourth-order valence-corrected chi connectivity index (χ4v) is 1.09. The minimum Gasteiger partial charge on any atom is -0.268 e. The van der Waals surface area contributed by atoms with Crippen molar-refractivity contribution < 1.29 is 0 Å². The highest BCUT2D eigenvalue weighted by Crippen LogP contribution is 2.15. The highest BCUT2D eigenvalue weighted by molar-refractivity contribution is 9.10. The first-order chi connectivity index (χ1) is 5.15. The molecule has 1 heterocycles. The third-order valence-corrected chi connectivity index (χ3v) is 1.90. The summed E-state index contributed by atoms with van der Waals surface area (Å²) in [5, 5.41) is 12.6. The molecule has 0 saturated carbocycles. The molecule has 0 radical (unpaired) electrons. The number of nitriles is 1. The van der Waals surface area contributed by atoms with Crippen molar-refractivity contribution in [3.63, 3.8) is 0 Å². The molecule has 1 aromatic rings. The highest BCUT2D eigenvalue weighted by Gasteiger charge is 2.06. The first-order valence-electron chi connectivity index (χ1n) is 3.30. The van der Waals surface area contributed by atoms with Crippen molar-refractivity contribution in [1.82, 2.24) is 9.78 Å². The topological polar surface area (TPSA) is 41.6 Å². The summed E-state index contributed by atoms with van der Waals surface area (Å²) in [7, 11) is 0. The van der Waals surface area contributed by atoms with Gasteiger partial charge in [-0.25, -0.2) is 0 Å². The van der Waals surface area contributed by atoms with Gasteiger partial charge in [0.1, 0.15) is 6.07 Å². The molecule has 0 atom stereocenters. The molecule has 0 N–H and O–H groups in total. The third kappa shape index (κ3) is 1.60. The van der Waals surface area contributed by atoms with Crippen molar-refractivity contribution in [3.05, 3.63) is 16.4 Å². The molecule has 0 bridgehead atoms. The van der Waals surface area contributed by atoms with E-state index in [9.17, 15) is 0 Å². The summed E-state index contributed by atoms with van der Waals surface area (Å²) < 4.78 is 2.51. The van der Waals surface area contributed by atoms with Crippen molar-refractivity contribution >= 4 is 15.9 Å². The van der Waals surface area contributed by atoms with Crippen LogP contribution in [0.5, 0.6) is 0 Å². The van der Waals surface area contributed by atoms with E-state index in [1.54, 1.807) is 4.68 Å². The lowest BCUT2D eigenvalue weighted by atomic mass is 10.4. The van der Waals surface area contributed by atoms with E-state index < -0.39 is 0 Å². The van der Waals surface area contributed by atoms with E-state index in [0.29, 0.717) is 11.7 Å². The molecule has 58 valence electrons. The molecule has 0 unspecified atom stereocenters. The molecule has 4 heteroatoms. The molecule has 0 amide bonds. The highest BCUT2D eigenvalue weighted by atomic mass is 79.9. The fraction of sp³-hybridized carbons (Fsp3) is 0.429. The fourth-order valence-electron chi connectivity index (χ4n) is 0.710. The Balaban J connectivity index is 3.07. The lowest BCUT2D eigenvalue weighted by Gasteiger charge is -2.01. The Morgan fingerprint density at radius 1 is 1.73 bits per heavy atom. The number of hydrogen-bond acceptors (Lipinski definition) is 2. The van der Waals surface area contributed by atoms with Gasteiger partial charge >= 0.3 is 0 Å². The first kappa shape index (κ1) is 8.28. The van der Waals surface area contributed by atoms with Gasteiger partial charge in [0, 0.05) is 12.2 Å². The van der Waals surface area contributed by atoms with Gasteiger partial charge in [-0.1, -0.05) is 0 Å². The third-order valence-electron chi connectivity index (χ3n) is 1.32. The van der Waals surface area contributed by atoms with Crippen LogP contribution >= 0.6 is 15.9 Å². The Bertz CT molecular complexity index is 295. The van der Waals surface area contributed by atoms with Crippen LogP contribution in [0.15, 0.2) is 10.7 Å². The normalized spacial score (nSPS) is 10.1. The maximum Gasteiger partial charge on any atom is 0.176 e. The first-order valence-corrected chi connectivity index (χ1v) is 4.09. The van der Waals surface area contributed by atoms with Crippen molar-refractivity contribution in [2.24, 2.45) is 0 Å². The molecular weight excluding hydrogens is 206 g/mol. The van der Waals surface area contributed by atoms with Crippen molar-refractivity contribution in [1.29, 1.82) is 5.26 Å². The zero-order valence-corrected chi connectivity index (χ0v) is 7.96. The van der Waals surface area contributed by atoms with Gasteiger partial charge in [-0.2, -0.15) is 10.4 Å². The Morgan fingerprint density at radius 2 is 2.36 bits per heavy atom. The molecule has 0 aliphatic rings. The van der Waals surface area contributed by atoms with Crippen LogP contribution in [-0.4, -0.2) is 9.78 Å². The predicted molar refractivity (Wildman–Crippen MR) is 45.0 cm³/mol. The zero-order chi connectivity index (χ0) is 8.43. The van der Waals surface area contributed by atoms with E-state index in [-0.39, 0.29) is 0 Å². The summed E-state index contributed by atoms with van der Waals surface area (Å²) >= 11 is 3.24. The smallest absolute Gasteiger partial charge is 0.176 e. The van der Waals surface area contributed by atoms with Crippen molar-refractivity contribution in [2.75, 3.05) is 0 Å². The Hall–Kier alpha value is -0.820. The molecule has 0 fully saturated rings. The van der Waals surface area contributed by atoms with Gasteiger partial charge < -0.3 is 0 Å². The van der Waals surface area contributed by atoms with E-state index in [2.05, 4.69) is 21.0 Å². The minimum absolute atomic E-state index is 0.299. The maximum atomic E-state index is 8.56. The molecule has 0 aromatic carbocycles. The summed E-state index contributed by atoms with van der Waals surface area (Å²) in [6.45, 7) is 4.03. The van der Waals surface area contributed by atoms with E-state index >= 15 is 0 Å². The van der Waals surface area contributed by atoms with E-state index in [0.717, 1.165) is 4.47 Å². The quantitative estimate of drug-likeness (QED) is 0.718. The molecule has 0 aliphatic carbocycles. The van der Waals surface area contributed by atoms with Gasteiger partial charge in [-0.3, -0.25) is 4.68 Å². The summed E-state index contributed by atoms with van der Waals surface area (Å²) in [4.78, 5) is 0. The summed E-state index contributed by atoms with van der Waals surface area (Å²) in [5.74, 6) is 0. The van der Waals surface area contributed by atoms with Gasteiger partial charge in [0.05, 0.1) is 4.47 Å². The Labute approximate surface area is 73.8 Å². The second kappa shape index (κ2) is 3.05. The molecule has 0 spiro atoms.